The fraction of sp³-hybridized carbons (Fsp3) is 0. The van der Waals surface area contributed by atoms with Crippen molar-refractivity contribution in [1.29, 1.82) is 0 Å². The zero-order valence-electron chi connectivity index (χ0n) is 3.33. The van der Waals surface area contributed by atoms with E-state index in [4.69, 9.17) is 0 Å². The monoisotopic (exact) mass is 612 g/mol. The maximum Gasteiger partial charge on any atom is 0 e. The van der Waals surface area contributed by atoms with Crippen LogP contribution in [0.2, 0.25) is 0 Å². The molecule has 0 saturated carbocycles. The molecule has 0 saturated heterocycles. The Kier molecular flexibility index (Phi) is 142. The van der Waals surface area contributed by atoms with Crippen molar-refractivity contribution in [2.75, 3.05) is 0 Å². The van der Waals surface area contributed by atoms with Gasteiger partial charge in [0, 0.05) is 168 Å². The maximum atomic E-state index is 0. The van der Waals surface area contributed by atoms with E-state index in [1.165, 1.54) is 0 Å². The average Bonchev–Trinajstić information content (AvgIpc) is 0. The minimum atomic E-state index is 0. The van der Waals surface area contributed by atoms with Crippen LogP contribution in [0.3, 0.4) is 0 Å². The van der Waals surface area contributed by atoms with Crippen LogP contribution in [0.1, 0.15) is 0 Å². The molecule has 0 unspecified atom stereocenters. The Hall–Kier alpha value is 5.52. The molecule has 0 nitrogen and oxygen atoms in total. The van der Waals surface area contributed by atoms with E-state index in [2.05, 4.69) is 0 Å². The van der Waals surface area contributed by atoms with Crippen molar-refractivity contribution in [2.45, 2.75) is 0 Å². The van der Waals surface area contributed by atoms with Gasteiger partial charge in [-0.2, -0.15) is 0 Å². The van der Waals surface area contributed by atoms with Crippen molar-refractivity contribution in [3.63, 3.8) is 0 Å². The third kappa shape index (κ3) is 17.7. The Bertz CT molecular complexity index is 11.6. The van der Waals surface area contributed by atoms with E-state index in [0.717, 1.165) is 0 Å². The molecule has 0 amide bonds. The molecule has 0 atom stereocenters. The van der Waals surface area contributed by atoms with E-state index in [9.17, 15) is 0 Å². The molecule has 0 aliphatic carbocycles. The van der Waals surface area contributed by atoms with Crippen molar-refractivity contribution >= 4 is 122 Å². The van der Waals surface area contributed by atoms with Crippen LogP contribution in [-0.4, -0.2) is 122 Å². The van der Waals surface area contributed by atoms with Gasteiger partial charge in [0.15, 0.2) is 0 Å². The summed E-state index contributed by atoms with van der Waals surface area (Å²) in [5.74, 6) is 0. The van der Waals surface area contributed by atoms with Gasteiger partial charge in [-0.25, -0.2) is 0 Å². The third-order valence-corrected chi connectivity index (χ3v) is 0. The van der Waals surface area contributed by atoms with Gasteiger partial charge in [0.1, 0.15) is 0 Å². The smallest absolute Gasteiger partial charge is 0 e. The summed E-state index contributed by atoms with van der Waals surface area (Å²) in [5, 5.41) is 0. The van der Waals surface area contributed by atoms with Gasteiger partial charge in [-0.05, 0) is 0 Å². The van der Waals surface area contributed by atoms with Gasteiger partial charge >= 0.3 is 0 Å². The van der Waals surface area contributed by atoms with E-state index < -0.39 is 0 Å². The Morgan fingerprint density at radius 1 is 1.00 bits per heavy atom. The molecule has 0 aliphatic rings. The quantitative estimate of drug-likeness (QED) is 0.305. The first-order valence-electron chi connectivity index (χ1n) is 0. The van der Waals surface area contributed by atoms with E-state index in [1.54, 1.807) is 0 Å². The molecule has 0 heterocycles. The fourth-order valence-corrected chi connectivity index (χ4v) is 0. The molecule has 0 fully saturated rings. The molecule has 5 heteroatoms. The topological polar surface area (TPSA) is 0 Å². The van der Waals surface area contributed by atoms with Crippen molar-refractivity contribution < 1.29 is 46.8 Å². The van der Waals surface area contributed by atoms with Gasteiger partial charge in [0.05, 0.1) is 0 Å². The first kappa shape index (κ1) is 31.3. The largest absolute Gasteiger partial charge is 0 e. The summed E-state index contributed by atoms with van der Waals surface area (Å²) >= 11 is 0. The first-order valence-corrected chi connectivity index (χ1v) is 0. The van der Waals surface area contributed by atoms with Gasteiger partial charge in [0.25, 0.3) is 0 Å². The minimum absolute atomic E-state index is 0. The van der Waals surface area contributed by atoms with Crippen molar-refractivity contribution in [3.8, 4) is 0 Å². The summed E-state index contributed by atoms with van der Waals surface area (Å²) in [6, 6.07) is 0. The molecule has 5 heavy (non-hydrogen) atoms. The van der Waals surface area contributed by atoms with E-state index in [1.807, 2.05) is 0 Å². The molecule has 0 spiro atoms. The second-order valence-electron chi connectivity index (χ2n) is 0. The molecule has 0 bridgehead atoms. The summed E-state index contributed by atoms with van der Waals surface area (Å²) in [6.45, 7) is 0. The molecule has 0 rings (SSSR count). The van der Waals surface area contributed by atoms with E-state index in [-0.39, 0.29) is 168 Å². The molecular weight excluding hydrogens is 610 g/mol. The van der Waals surface area contributed by atoms with E-state index >= 15 is 0 Å². The SMILES string of the molecule is [Ba].[Cd].[Pb].[Sr].[Zn]. The zero-order valence-corrected chi connectivity index (χ0v) is 22.1. The molecule has 0 aromatic heterocycles. The third-order valence-electron chi connectivity index (χ3n) is 0. The van der Waals surface area contributed by atoms with Gasteiger partial charge in [-0.15, -0.1) is 0 Å². The van der Waals surface area contributed by atoms with E-state index in [0.29, 0.717) is 0 Å². The normalized spacial score (nSPS) is 0. The summed E-state index contributed by atoms with van der Waals surface area (Å²) in [6.07, 6.45) is 0. The Morgan fingerprint density at radius 2 is 1.00 bits per heavy atom. The zero-order chi connectivity index (χ0) is 0. The molecule has 12 valence electrons. The van der Waals surface area contributed by atoms with Crippen molar-refractivity contribution in [2.24, 2.45) is 0 Å². The predicted molar refractivity (Wildman–Crippen MR) is 17.3 cm³/mol. The van der Waals surface area contributed by atoms with Gasteiger partial charge in [0.2, 0.25) is 0 Å². The minimum Gasteiger partial charge on any atom is 0 e. The summed E-state index contributed by atoms with van der Waals surface area (Å²) < 4.78 is 0. The Morgan fingerprint density at radius 3 is 1.00 bits per heavy atom. The molecule has 8 radical (unpaired) electrons. The molecule has 0 aliphatic heterocycles. The second kappa shape index (κ2) is 22.7. The van der Waals surface area contributed by atoms with Crippen LogP contribution >= 0.6 is 0 Å². The van der Waals surface area contributed by atoms with Gasteiger partial charge in [-0.3, -0.25) is 0 Å². The maximum absolute atomic E-state index is 0. The Balaban J connectivity index is 0. The second-order valence-corrected chi connectivity index (χ2v) is 0. The van der Waals surface area contributed by atoms with Crippen LogP contribution in [0.15, 0.2) is 0 Å². The van der Waals surface area contributed by atoms with Crippen molar-refractivity contribution in [3.05, 3.63) is 0 Å². The first-order chi connectivity index (χ1) is 0. The standard InChI is InChI=1S/Ba.Cd.Pb.Sr.Zn. The molecule has 0 aromatic carbocycles. The van der Waals surface area contributed by atoms with Crippen LogP contribution in [0.4, 0.5) is 0 Å². The molecule has 0 aromatic rings. The molecule has 0 N–H and O–H groups in total. The summed E-state index contributed by atoms with van der Waals surface area (Å²) in [5.41, 5.74) is 0. The van der Waals surface area contributed by atoms with Crippen LogP contribution in [-0.2, 0) is 46.8 Å². The van der Waals surface area contributed by atoms with Crippen LogP contribution < -0.4 is 0 Å². The number of hydrogen-bond donors (Lipinski definition) is 0. The van der Waals surface area contributed by atoms with Gasteiger partial charge < -0.3 is 0 Å². The number of rotatable bonds is 0. The average molecular weight is 610 g/mol. The molecular formula is BaCdPbSrZn. The summed E-state index contributed by atoms with van der Waals surface area (Å²) in [4.78, 5) is 0. The number of hydrogen-bond acceptors (Lipinski definition) is 0. The van der Waals surface area contributed by atoms with Gasteiger partial charge in [-0.1, -0.05) is 0 Å². The van der Waals surface area contributed by atoms with Crippen LogP contribution in [0.5, 0.6) is 0 Å². The van der Waals surface area contributed by atoms with Crippen molar-refractivity contribution in [1.82, 2.24) is 0 Å². The predicted octanol–water partition coefficient (Wildman–Crippen LogP) is -1.15. The Labute approximate surface area is 163 Å². The fourth-order valence-electron chi connectivity index (χ4n) is 0. The van der Waals surface area contributed by atoms with Crippen LogP contribution in [0, 0.1) is 0 Å². The van der Waals surface area contributed by atoms with Crippen LogP contribution in [0.25, 0.3) is 0 Å². The summed E-state index contributed by atoms with van der Waals surface area (Å²) in [7, 11) is 0.